The van der Waals surface area contributed by atoms with E-state index < -0.39 is 0 Å². The van der Waals surface area contributed by atoms with Gasteiger partial charge in [0.1, 0.15) is 12.0 Å². The lowest BCUT2D eigenvalue weighted by Gasteiger charge is -2.10. The number of hydrogen-bond acceptors (Lipinski definition) is 3. The minimum Gasteiger partial charge on any atom is -0.426 e. The Balaban J connectivity index is 3.25. The van der Waals surface area contributed by atoms with Crippen molar-refractivity contribution in [3.8, 4) is 5.75 Å². The number of hydrogen-bond donors (Lipinski definition) is 0. The summed E-state index contributed by atoms with van der Waals surface area (Å²) < 4.78 is 5.12. The van der Waals surface area contributed by atoms with Crippen molar-refractivity contribution in [3.63, 3.8) is 0 Å². The van der Waals surface area contributed by atoms with E-state index in [1.807, 2.05) is 26.0 Å². The lowest BCUT2D eigenvalue weighted by Crippen LogP contribution is -2.04. The average molecular weight is 218 g/mol. The van der Waals surface area contributed by atoms with Crippen LogP contribution < -0.4 is 4.74 Å². The fourth-order valence-electron chi connectivity index (χ4n) is 1.54. The van der Waals surface area contributed by atoms with Gasteiger partial charge in [0.15, 0.2) is 0 Å². The van der Waals surface area contributed by atoms with Crippen LogP contribution in [0.5, 0.6) is 5.75 Å². The number of ether oxygens (including phenoxy) is 1. The molecule has 0 fully saturated rings. The maximum Gasteiger partial charge on any atom is 0.308 e. The van der Waals surface area contributed by atoms with Gasteiger partial charge in [-0.3, -0.25) is 9.59 Å². The maximum absolute atomic E-state index is 11.0. The first kappa shape index (κ1) is 12.2. The molecular formula is C13H14O3. The van der Waals surface area contributed by atoms with Gasteiger partial charge in [-0.1, -0.05) is 11.6 Å². The molecule has 0 N–H and O–H groups in total. The van der Waals surface area contributed by atoms with Crippen LogP contribution in [-0.4, -0.2) is 12.3 Å². The van der Waals surface area contributed by atoms with E-state index >= 15 is 0 Å². The van der Waals surface area contributed by atoms with E-state index in [1.165, 1.54) is 13.0 Å². The van der Waals surface area contributed by atoms with Crippen LogP contribution in [0.25, 0.3) is 6.08 Å². The summed E-state index contributed by atoms with van der Waals surface area (Å²) in [7, 11) is 0. The predicted molar refractivity (Wildman–Crippen MR) is 62.3 cm³/mol. The van der Waals surface area contributed by atoms with Gasteiger partial charge in [0.2, 0.25) is 0 Å². The van der Waals surface area contributed by atoms with Crippen LogP contribution >= 0.6 is 0 Å². The monoisotopic (exact) mass is 218 g/mol. The van der Waals surface area contributed by atoms with Gasteiger partial charge >= 0.3 is 5.97 Å². The number of allylic oxidation sites excluding steroid dienone is 1. The van der Waals surface area contributed by atoms with Crippen molar-refractivity contribution in [2.45, 2.75) is 20.8 Å². The molecule has 0 atom stereocenters. The molecule has 0 radical (unpaired) electrons. The first-order chi connectivity index (χ1) is 7.54. The first-order valence-corrected chi connectivity index (χ1v) is 4.96. The van der Waals surface area contributed by atoms with Crippen LogP contribution in [0.2, 0.25) is 0 Å². The number of aryl methyl sites for hydroxylation is 2. The molecule has 16 heavy (non-hydrogen) atoms. The summed E-state index contributed by atoms with van der Waals surface area (Å²) in [6.45, 7) is 5.17. The normalized spacial score (nSPS) is 10.4. The van der Waals surface area contributed by atoms with Crippen molar-refractivity contribution in [2.24, 2.45) is 0 Å². The Kier molecular flexibility index (Phi) is 4.00. The number of esters is 1. The molecule has 0 heterocycles. The van der Waals surface area contributed by atoms with Gasteiger partial charge in [0, 0.05) is 12.5 Å². The molecule has 0 saturated carbocycles. The summed E-state index contributed by atoms with van der Waals surface area (Å²) in [4.78, 5) is 21.2. The van der Waals surface area contributed by atoms with Gasteiger partial charge in [-0.2, -0.15) is 0 Å². The Hall–Kier alpha value is -1.90. The number of carbonyl (C=O) groups is 2. The van der Waals surface area contributed by atoms with Gasteiger partial charge in [0.25, 0.3) is 0 Å². The molecule has 1 aromatic rings. The third-order valence-electron chi connectivity index (χ3n) is 2.05. The van der Waals surface area contributed by atoms with Crippen LogP contribution in [0.3, 0.4) is 0 Å². The van der Waals surface area contributed by atoms with Gasteiger partial charge in [-0.05, 0) is 37.6 Å². The lowest BCUT2D eigenvalue weighted by atomic mass is 10.1. The molecule has 3 nitrogen and oxygen atoms in total. The zero-order valence-electron chi connectivity index (χ0n) is 9.61. The molecule has 0 unspecified atom stereocenters. The van der Waals surface area contributed by atoms with E-state index in [0.29, 0.717) is 12.0 Å². The molecule has 0 saturated heterocycles. The second-order valence-corrected chi connectivity index (χ2v) is 3.59. The summed E-state index contributed by atoms with van der Waals surface area (Å²) in [5.41, 5.74) is 2.67. The summed E-state index contributed by atoms with van der Waals surface area (Å²) in [5, 5.41) is 0. The Morgan fingerprint density at radius 3 is 2.56 bits per heavy atom. The van der Waals surface area contributed by atoms with Crippen molar-refractivity contribution in [1.29, 1.82) is 0 Å². The predicted octanol–water partition coefficient (Wildman–Crippen LogP) is 2.44. The van der Waals surface area contributed by atoms with Gasteiger partial charge in [-0.25, -0.2) is 0 Å². The number of benzene rings is 1. The molecule has 0 spiro atoms. The molecule has 0 aromatic heterocycles. The molecule has 3 heteroatoms. The quantitative estimate of drug-likeness (QED) is 0.339. The second-order valence-electron chi connectivity index (χ2n) is 3.59. The molecule has 1 aromatic carbocycles. The van der Waals surface area contributed by atoms with Crippen molar-refractivity contribution in [1.82, 2.24) is 0 Å². The molecular weight excluding hydrogens is 204 g/mol. The maximum atomic E-state index is 11.0. The van der Waals surface area contributed by atoms with Gasteiger partial charge in [0.05, 0.1) is 0 Å². The fourth-order valence-corrected chi connectivity index (χ4v) is 1.54. The summed E-state index contributed by atoms with van der Waals surface area (Å²) >= 11 is 0. The Labute approximate surface area is 94.7 Å². The Bertz CT molecular complexity index is 445. The lowest BCUT2D eigenvalue weighted by molar-refractivity contribution is -0.131. The van der Waals surface area contributed by atoms with E-state index in [-0.39, 0.29) is 5.97 Å². The third kappa shape index (κ3) is 3.05. The summed E-state index contributed by atoms with van der Waals surface area (Å²) in [6, 6.07) is 3.79. The largest absolute Gasteiger partial charge is 0.426 e. The SMILES string of the molecule is CC(=O)Oc1c(C)cc(C)cc1/C=C\C=O. The minimum absolute atomic E-state index is 0.368. The second kappa shape index (κ2) is 5.26. The smallest absolute Gasteiger partial charge is 0.308 e. The van der Waals surface area contributed by atoms with Crippen LogP contribution in [0.15, 0.2) is 18.2 Å². The minimum atomic E-state index is -0.368. The molecule has 0 bridgehead atoms. The zero-order valence-corrected chi connectivity index (χ0v) is 9.61. The molecule has 0 amide bonds. The van der Waals surface area contributed by atoms with Crippen molar-refractivity contribution >= 4 is 18.3 Å². The highest BCUT2D eigenvalue weighted by molar-refractivity contribution is 5.78. The number of rotatable bonds is 3. The molecule has 0 aliphatic carbocycles. The van der Waals surface area contributed by atoms with E-state index in [4.69, 9.17) is 4.74 Å². The van der Waals surface area contributed by atoms with E-state index in [0.717, 1.165) is 16.7 Å². The number of carbonyl (C=O) groups excluding carboxylic acids is 2. The van der Waals surface area contributed by atoms with Gasteiger partial charge in [-0.15, -0.1) is 0 Å². The van der Waals surface area contributed by atoms with Crippen LogP contribution in [0.4, 0.5) is 0 Å². The van der Waals surface area contributed by atoms with E-state index in [1.54, 1.807) is 6.08 Å². The molecule has 0 aliphatic rings. The average Bonchev–Trinajstić information content (AvgIpc) is 2.19. The number of aldehydes is 1. The third-order valence-corrected chi connectivity index (χ3v) is 2.05. The topological polar surface area (TPSA) is 43.4 Å². The summed E-state index contributed by atoms with van der Waals surface area (Å²) in [6.07, 6.45) is 3.70. The van der Waals surface area contributed by atoms with Crippen LogP contribution in [0, 0.1) is 13.8 Å². The first-order valence-electron chi connectivity index (χ1n) is 4.96. The van der Waals surface area contributed by atoms with Crippen molar-refractivity contribution in [3.05, 3.63) is 34.9 Å². The highest BCUT2D eigenvalue weighted by Gasteiger charge is 2.08. The standard InChI is InChI=1S/C13H14O3/c1-9-7-10(2)13(16-11(3)15)12(8-9)5-4-6-14/h4-8H,1-3H3/b5-4-. The van der Waals surface area contributed by atoms with Crippen molar-refractivity contribution < 1.29 is 14.3 Å². The molecule has 1 rings (SSSR count). The van der Waals surface area contributed by atoms with Crippen molar-refractivity contribution in [2.75, 3.05) is 0 Å². The molecule has 0 aliphatic heterocycles. The van der Waals surface area contributed by atoms with Gasteiger partial charge < -0.3 is 4.74 Å². The highest BCUT2D eigenvalue weighted by atomic mass is 16.5. The van der Waals surface area contributed by atoms with E-state index in [2.05, 4.69) is 0 Å². The fraction of sp³-hybridized carbons (Fsp3) is 0.231. The summed E-state index contributed by atoms with van der Waals surface area (Å²) in [5.74, 6) is 0.143. The Morgan fingerprint density at radius 2 is 2.00 bits per heavy atom. The highest BCUT2D eigenvalue weighted by Crippen LogP contribution is 2.26. The van der Waals surface area contributed by atoms with Crippen LogP contribution in [0.1, 0.15) is 23.6 Å². The Morgan fingerprint density at radius 1 is 1.31 bits per heavy atom. The van der Waals surface area contributed by atoms with E-state index in [9.17, 15) is 9.59 Å². The molecule has 84 valence electrons. The zero-order chi connectivity index (χ0) is 12.1. The van der Waals surface area contributed by atoms with Crippen LogP contribution in [-0.2, 0) is 9.59 Å².